The van der Waals surface area contributed by atoms with Crippen LogP contribution < -0.4 is 4.90 Å². The van der Waals surface area contributed by atoms with Crippen LogP contribution in [0.1, 0.15) is 27.2 Å². The number of Topliss-reactive ketones (excluding diaryl/α,β-unsaturated/α-hetero) is 1. The molecule has 2 atom stereocenters. The van der Waals surface area contributed by atoms with Crippen LogP contribution in [0.25, 0.3) is 0 Å². The molecule has 10 heteroatoms. The highest BCUT2D eigenvalue weighted by Gasteiger charge is 2.61. The number of hydrogen-bond acceptors (Lipinski definition) is 7. The first kappa shape index (κ1) is 21.3. The number of halogens is 2. The first-order valence-corrected chi connectivity index (χ1v) is 9.53. The molecule has 0 unspecified atom stereocenters. The van der Waals surface area contributed by atoms with Crippen molar-refractivity contribution in [1.29, 1.82) is 0 Å². The van der Waals surface area contributed by atoms with Gasteiger partial charge in [0.15, 0.2) is 5.71 Å². The van der Waals surface area contributed by atoms with Crippen molar-refractivity contribution in [3.05, 3.63) is 28.2 Å². The minimum absolute atomic E-state index is 0.0681. The Balaban J connectivity index is 2.10. The molecule has 0 radical (unpaired) electrons. The van der Waals surface area contributed by atoms with Gasteiger partial charge in [0.05, 0.1) is 18.3 Å². The largest absolute Gasteiger partial charge is 0.464 e. The minimum atomic E-state index is -1.15. The van der Waals surface area contributed by atoms with Crippen molar-refractivity contribution >= 4 is 58.2 Å². The number of esters is 1. The van der Waals surface area contributed by atoms with E-state index in [-0.39, 0.29) is 33.6 Å². The SMILES string of the molecule is COC(=O)C1=NN(C(C)(C)CC(C)=O)[C@H]2C(=O)N(c3cc(Cl)cc(Cl)c3)C(=O)[C@@H]12. The van der Waals surface area contributed by atoms with Crippen LogP contribution in [0.2, 0.25) is 10.0 Å². The minimum Gasteiger partial charge on any atom is -0.464 e. The molecular weight excluding hydrogens is 421 g/mol. The lowest BCUT2D eigenvalue weighted by atomic mass is 9.92. The van der Waals surface area contributed by atoms with Crippen molar-refractivity contribution in [1.82, 2.24) is 5.01 Å². The van der Waals surface area contributed by atoms with Gasteiger partial charge in [-0.25, -0.2) is 9.69 Å². The van der Waals surface area contributed by atoms with Crippen LogP contribution in [0.3, 0.4) is 0 Å². The molecule has 1 fully saturated rings. The van der Waals surface area contributed by atoms with Crippen molar-refractivity contribution in [2.45, 2.75) is 38.8 Å². The van der Waals surface area contributed by atoms with Crippen LogP contribution in [0.4, 0.5) is 5.69 Å². The summed E-state index contributed by atoms with van der Waals surface area (Å²) in [6.45, 7) is 4.85. The second-order valence-corrected chi connectivity index (χ2v) is 8.45. The number of ketones is 1. The molecule has 2 heterocycles. The van der Waals surface area contributed by atoms with E-state index in [1.165, 1.54) is 37.2 Å². The van der Waals surface area contributed by atoms with Crippen molar-refractivity contribution in [3.63, 3.8) is 0 Å². The lowest BCUT2D eigenvalue weighted by Crippen LogP contribution is -2.50. The monoisotopic (exact) mass is 439 g/mol. The number of anilines is 1. The number of benzene rings is 1. The van der Waals surface area contributed by atoms with Gasteiger partial charge in [-0.1, -0.05) is 23.2 Å². The molecular formula is C19H19Cl2N3O5. The zero-order valence-corrected chi connectivity index (χ0v) is 17.7. The molecule has 0 aromatic heterocycles. The molecule has 2 amide bonds. The maximum Gasteiger partial charge on any atom is 0.355 e. The Labute approximate surface area is 177 Å². The molecule has 0 bridgehead atoms. The van der Waals surface area contributed by atoms with Gasteiger partial charge in [0, 0.05) is 16.5 Å². The van der Waals surface area contributed by atoms with Crippen molar-refractivity contribution < 1.29 is 23.9 Å². The summed E-state index contributed by atoms with van der Waals surface area (Å²) < 4.78 is 4.76. The Morgan fingerprint density at radius 2 is 1.72 bits per heavy atom. The average Bonchev–Trinajstić information content (AvgIpc) is 3.10. The summed E-state index contributed by atoms with van der Waals surface area (Å²) in [5.41, 5.74) is -0.897. The summed E-state index contributed by atoms with van der Waals surface area (Å²) in [4.78, 5) is 51.4. The highest BCUT2D eigenvalue weighted by molar-refractivity contribution is 6.46. The van der Waals surface area contributed by atoms with Gasteiger partial charge in [-0.15, -0.1) is 0 Å². The van der Waals surface area contributed by atoms with Crippen LogP contribution in [0.5, 0.6) is 0 Å². The van der Waals surface area contributed by atoms with Crippen molar-refractivity contribution in [2.75, 3.05) is 12.0 Å². The van der Waals surface area contributed by atoms with Gasteiger partial charge in [0.25, 0.3) is 5.91 Å². The third kappa shape index (κ3) is 3.62. The van der Waals surface area contributed by atoms with E-state index in [2.05, 4.69) is 5.10 Å². The Kier molecular flexibility index (Phi) is 5.44. The van der Waals surface area contributed by atoms with Gasteiger partial charge in [0.2, 0.25) is 5.91 Å². The average molecular weight is 440 g/mol. The van der Waals surface area contributed by atoms with E-state index < -0.39 is 35.3 Å². The smallest absolute Gasteiger partial charge is 0.355 e. The fourth-order valence-corrected chi connectivity index (χ4v) is 4.32. The fourth-order valence-electron chi connectivity index (χ4n) is 3.81. The van der Waals surface area contributed by atoms with E-state index in [4.69, 9.17) is 27.9 Å². The molecule has 2 aliphatic rings. The summed E-state index contributed by atoms with van der Waals surface area (Å²) >= 11 is 12.1. The fraction of sp³-hybridized carbons (Fsp3) is 0.421. The second kappa shape index (κ2) is 7.42. The Bertz CT molecular complexity index is 939. The molecule has 29 heavy (non-hydrogen) atoms. The standard InChI is InChI=1S/C19H19Cl2N3O5/c1-9(25)8-19(2,3)24-15-13(14(22-24)18(28)29-4)16(26)23(17(15)27)12-6-10(20)5-11(21)7-12/h5-7,13,15H,8H2,1-4H3/t13-,15+/m0/s1. The van der Waals surface area contributed by atoms with Crippen molar-refractivity contribution in [3.8, 4) is 0 Å². The van der Waals surface area contributed by atoms with Gasteiger partial charge in [-0.3, -0.25) is 19.4 Å². The zero-order chi connectivity index (χ0) is 21.7. The number of amides is 2. The van der Waals surface area contributed by atoms with Gasteiger partial charge >= 0.3 is 5.97 Å². The number of imide groups is 1. The Hall–Kier alpha value is -2.45. The summed E-state index contributed by atoms with van der Waals surface area (Å²) in [7, 11) is 1.17. The number of nitrogens with zero attached hydrogens (tertiary/aromatic N) is 3. The quantitative estimate of drug-likeness (QED) is 0.516. The van der Waals surface area contributed by atoms with Gasteiger partial charge < -0.3 is 4.74 Å². The maximum atomic E-state index is 13.3. The topological polar surface area (TPSA) is 96.3 Å². The lowest BCUT2D eigenvalue weighted by Gasteiger charge is -2.36. The van der Waals surface area contributed by atoms with Crippen molar-refractivity contribution in [2.24, 2.45) is 11.0 Å². The number of rotatable bonds is 5. The highest BCUT2D eigenvalue weighted by Crippen LogP contribution is 2.40. The van der Waals surface area contributed by atoms with Gasteiger partial charge in [-0.05, 0) is 39.0 Å². The third-order valence-corrected chi connectivity index (χ3v) is 5.29. The van der Waals surface area contributed by atoms with Gasteiger partial charge in [0.1, 0.15) is 17.7 Å². The number of carbonyl (C=O) groups excluding carboxylic acids is 4. The van der Waals surface area contributed by atoms with E-state index in [9.17, 15) is 19.2 Å². The molecule has 0 saturated carbocycles. The summed E-state index contributed by atoms with van der Waals surface area (Å²) in [5, 5.41) is 6.10. The summed E-state index contributed by atoms with van der Waals surface area (Å²) in [6, 6.07) is 3.26. The van der Waals surface area contributed by atoms with E-state index in [1.54, 1.807) is 13.8 Å². The highest BCUT2D eigenvalue weighted by atomic mass is 35.5. The molecule has 0 aliphatic carbocycles. The van der Waals surface area contributed by atoms with Crippen LogP contribution in [-0.2, 0) is 23.9 Å². The van der Waals surface area contributed by atoms with Gasteiger partial charge in [-0.2, -0.15) is 5.10 Å². The number of ether oxygens (including phenoxy) is 1. The first-order valence-electron chi connectivity index (χ1n) is 8.77. The van der Waals surface area contributed by atoms with E-state index in [1.807, 2.05) is 0 Å². The molecule has 2 aliphatic heterocycles. The van der Waals surface area contributed by atoms with E-state index >= 15 is 0 Å². The predicted molar refractivity (Wildman–Crippen MR) is 107 cm³/mol. The number of carbonyl (C=O) groups is 4. The van der Waals surface area contributed by atoms with Crippen LogP contribution in [-0.4, -0.2) is 53.0 Å². The van der Waals surface area contributed by atoms with Crippen LogP contribution >= 0.6 is 23.2 Å². The third-order valence-electron chi connectivity index (χ3n) is 4.85. The molecule has 1 aromatic rings. The molecule has 3 rings (SSSR count). The zero-order valence-electron chi connectivity index (χ0n) is 16.2. The van der Waals surface area contributed by atoms with E-state index in [0.29, 0.717) is 0 Å². The lowest BCUT2D eigenvalue weighted by molar-refractivity contribution is -0.133. The number of fused-ring (bicyclic) bond motifs is 1. The maximum absolute atomic E-state index is 13.3. The molecule has 154 valence electrons. The summed E-state index contributed by atoms with van der Waals surface area (Å²) in [5.74, 6) is -3.31. The number of methoxy groups -OCH3 is 1. The molecule has 0 N–H and O–H groups in total. The number of hydrogen-bond donors (Lipinski definition) is 0. The molecule has 1 saturated heterocycles. The Morgan fingerprint density at radius 3 is 2.24 bits per heavy atom. The predicted octanol–water partition coefficient (Wildman–Crippen LogP) is 2.45. The Morgan fingerprint density at radius 1 is 1.14 bits per heavy atom. The first-order chi connectivity index (χ1) is 13.5. The molecule has 1 aromatic carbocycles. The van der Waals surface area contributed by atoms with Crippen LogP contribution in [0, 0.1) is 5.92 Å². The second-order valence-electron chi connectivity index (χ2n) is 7.57. The molecule has 0 spiro atoms. The van der Waals surface area contributed by atoms with Crippen LogP contribution in [0.15, 0.2) is 23.3 Å². The number of hydrazone groups is 1. The summed E-state index contributed by atoms with van der Waals surface area (Å²) in [6.07, 6.45) is 0.0681. The molecule has 8 nitrogen and oxygen atoms in total. The normalized spacial score (nSPS) is 21.4. The van der Waals surface area contributed by atoms with E-state index in [0.717, 1.165) is 4.90 Å².